The van der Waals surface area contributed by atoms with Gasteiger partial charge in [0, 0.05) is 12.0 Å². The van der Waals surface area contributed by atoms with E-state index in [0.717, 1.165) is 6.07 Å². The van der Waals surface area contributed by atoms with Gasteiger partial charge in [0.1, 0.15) is 5.82 Å². The van der Waals surface area contributed by atoms with Crippen molar-refractivity contribution in [2.24, 2.45) is 0 Å². The van der Waals surface area contributed by atoms with Gasteiger partial charge in [-0.15, -0.1) is 0 Å². The lowest BCUT2D eigenvalue weighted by Crippen LogP contribution is -2.55. The molecule has 4 nitrogen and oxygen atoms in total. The van der Waals surface area contributed by atoms with Crippen LogP contribution in [0.2, 0.25) is 0 Å². The standard InChI is InChI=1S/C15H21FN2O2/c1-5-7-13(19)17-18(15(2,3)4)14(20)11-8-6-9-12(16)10-11/h6,8-10H,5,7H2,1-4H3,(H,17,19). The van der Waals surface area contributed by atoms with Gasteiger partial charge in [-0.3, -0.25) is 15.0 Å². The Bertz CT molecular complexity index is 495. The first-order valence-corrected chi connectivity index (χ1v) is 6.65. The van der Waals surface area contributed by atoms with Gasteiger partial charge in [-0.25, -0.2) is 9.40 Å². The summed E-state index contributed by atoms with van der Waals surface area (Å²) >= 11 is 0. The Morgan fingerprint density at radius 2 is 1.95 bits per heavy atom. The number of amides is 2. The van der Waals surface area contributed by atoms with Crippen LogP contribution in [0.25, 0.3) is 0 Å². The van der Waals surface area contributed by atoms with Crippen molar-refractivity contribution in [3.05, 3.63) is 35.6 Å². The average molecular weight is 280 g/mol. The van der Waals surface area contributed by atoms with Crippen molar-refractivity contribution in [3.63, 3.8) is 0 Å². The van der Waals surface area contributed by atoms with Crippen LogP contribution in [0.1, 0.15) is 50.9 Å². The van der Waals surface area contributed by atoms with Gasteiger partial charge >= 0.3 is 0 Å². The number of halogens is 1. The van der Waals surface area contributed by atoms with Gasteiger partial charge in [0.15, 0.2) is 0 Å². The summed E-state index contributed by atoms with van der Waals surface area (Å²) in [6.07, 6.45) is 1.03. The molecule has 0 aliphatic rings. The monoisotopic (exact) mass is 280 g/mol. The van der Waals surface area contributed by atoms with Crippen molar-refractivity contribution in [3.8, 4) is 0 Å². The van der Waals surface area contributed by atoms with Crippen LogP contribution in [0, 0.1) is 5.82 Å². The van der Waals surface area contributed by atoms with Gasteiger partial charge in [0.2, 0.25) is 5.91 Å². The number of hydrogen-bond acceptors (Lipinski definition) is 2. The van der Waals surface area contributed by atoms with Gasteiger partial charge < -0.3 is 0 Å². The van der Waals surface area contributed by atoms with E-state index in [1.54, 1.807) is 20.8 Å². The smallest absolute Gasteiger partial charge is 0.272 e. The lowest BCUT2D eigenvalue weighted by atomic mass is 10.1. The Morgan fingerprint density at radius 1 is 1.30 bits per heavy atom. The summed E-state index contributed by atoms with van der Waals surface area (Å²) in [5.41, 5.74) is 2.20. The molecular formula is C15H21FN2O2. The summed E-state index contributed by atoms with van der Waals surface area (Å²) in [7, 11) is 0. The van der Waals surface area contributed by atoms with Crippen molar-refractivity contribution >= 4 is 11.8 Å². The lowest BCUT2D eigenvalue weighted by Gasteiger charge is -2.35. The zero-order valence-electron chi connectivity index (χ0n) is 12.4. The number of hydrogen-bond donors (Lipinski definition) is 1. The number of hydrazine groups is 1. The molecule has 0 bridgehead atoms. The van der Waals surface area contributed by atoms with Gasteiger partial charge in [-0.2, -0.15) is 0 Å². The van der Waals surface area contributed by atoms with Crippen LogP contribution in [0.4, 0.5) is 4.39 Å². The van der Waals surface area contributed by atoms with Crippen molar-refractivity contribution in [1.82, 2.24) is 10.4 Å². The summed E-state index contributed by atoms with van der Waals surface area (Å²) in [4.78, 5) is 24.2. The van der Waals surface area contributed by atoms with Gasteiger partial charge in [0.05, 0.1) is 5.54 Å². The number of nitrogens with zero attached hydrogens (tertiary/aromatic N) is 1. The lowest BCUT2D eigenvalue weighted by molar-refractivity contribution is -0.126. The second-order valence-corrected chi connectivity index (χ2v) is 5.61. The average Bonchev–Trinajstić information content (AvgIpc) is 2.34. The summed E-state index contributed by atoms with van der Waals surface area (Å²) in [5.74, 6) is -1.14. The highest BCUT2D eigenvalue weighted by Gasteiger charge is 2.29. The van der Waals surface area contributed by atoms with Gasteiger partial charge in [-0.1, -0.05) is 13.0 Å². The molecule has 1 aromatic carbocycles. The maximum atomic E-state index is 13.2. The number of nitrogens with one attached hydrogen (secondary N) is 1. The molecule has 0 saturated carbocycles. The topological polar surface area (TPSA) is 49.4 Å². The number of rotatable bonds is 3. The normalized spacial score (nSPS) is 11.1. The predicted octanol–water partition coefficient (Wildman–Crippen LogP) is 2.90. The number of carbonyl (C=O) groups excluding carboxylic acids is 2. The van der Waals surface area contributed by atoms with Crippen LogP contribution in [-0.4, -0.2) is 22.4 Å². The minimum absolute atomic E-state index is 0.205. The third-order valence-corrected chi connectivity index (χ3v) is 2.66. The molecule has 0 atom stereocenters. The first-order valence-electron chi connectivity index (χ1n) is 6.65. The Morgan fingerprint density at radius 3 is 2.45 bits per heavy atom. The molecule has 0 aliphatic heterocycles. The van der Waals surface area contributed by atoms with Gasteiger partial charge in [0.25, 0.3) is 5.91 Å². The number of carbonyl (C=O) groups is 2. The molecule has 20 heavy (non-hydrogen) atoms. The van der Waals surface area contributed by atoms with Crippen LogP contribution in [0.3, 0.4) is 0 Å². The van der Waals surface area contributed by atoms with Crippen molar-refractivity contribution in [2.45, 2.75) is 46.1 Å². The van der Waals surface area contributed by atoms with E-state index in [0.29, 0.717) is 12.8 Å². The first-order chi connectivity index (χ1) is 9.25. The zero-order chi connectivity index (χ0) is 15.3. The molecule has 2 amide bonds. The molecule has 0 saturated heterocycles. The minimum atomic E-state index is -0.604. The molecule has 110 valence electrons. The third kappa shape index (κ3) is 4.33. The van der Waals surface area contributed by atoms with Gasteiger partial charge in [-0.05, 0) is 45.4 Å². The fraction of sp³-hybridized carbons (Fsp3) is 0.467. The Balaban J connectivity index is 2.99. The van der Waals surface area contributed by atoms with Crippen LogP contribution in [-0.2, 0) is 4.79 Å². The van der Waals surface area contributed by atoms with Crippen LogP contribution >= 0.6 is 0 Å². The molecule has 1 N–H and O–H groups in total. The van der Waals surface area contributed by atoms with Crippen LogP contribution < -0.4 is 5.43 Å². The second-order valence-electron chi connectivity index (χ2n) is 5.61. The third-order valence-electron chi connectivity index (χ3n) is 2.66. The molecule has 0 unspecified atom stereocenters. The zero-order valence-corrected chi connectivity index (χ0v) is 12.4. The SMILES string of the molecule is CCCC(=O)NN(C(=O)c1cccc(F)c1)C(C)(C)C. The van der Waals surface area contributed by atoms with Crippen LogP contribution in [0.15, 0.2) is 24.3 Å². The van der Waals surface area contributed by atoms with E-state index in [4.69, 9.17) is 0 Å². The summed E-state index contributed by atoms with van der Waals surface area (Å²) in [5, 5.41) is 1.25. The van der Waals surface area contributed by atoms with Crippen molar-refractivity contribution in [1.29, 1.82) is 0 Å². The van der Waals surface area contributed by atoms with E-state index < -0.39 is 17.3 Å². The highest BCUT2D eigenvalue weighted by Crippen LogP contribution is 2.16. The van der Waals surface area contributed by atoms with E-state index >= 15 is 0 Å². The molecular weight excluding hydrogens is 259 g/mol. The van der Waals surface area contributed by atoms with E-state index in [9.17, 15) is 14.0 Å². The van der Waals surface area contributed by atoms with Crippen molar-refractivity contribution < 1.29 is 14.0 Å². The molecule has 0 radical (unpaired) electrons. The molecule has 1 rings (SSSR count). The van der Waals surface area contributed by atoms with E-state index in [1.165, 1.54) is 23.2 Å². The molecule has 0 aromatic heterocycles. The van der Waals surface area contributed by atoms with Crippen molar-refractivity contribution in [2.75, 3.05) is 0 Å². The Kier molecular flexibility index (Phi) is 5.25. The Labute approximate surface area is 118 Å². The molecule has 0 spiro atoms. The number of benzene rings is 1. The maximum Gasteiger partial charge on any atom is 0.272 e. The van der Waals surface area contributed by atoms with Crippen LogP contribution in [0.5, 0.6) is 0 Å². The minimum Gasteiger partial charge on any atom is -0.273 e. The fourth-order valence-corrected chi connectivity index (χ4v) is 1.68. The first kappa shape index (κ1) is 16.1. The predicted molar refractivity (Wildman–Crippen MR) is 75.4 cm³/mol. The maximum absolute atomic E-state index is 13.2. The van der Waals surface area contributed by atoms with E-state index in [-0.39, 0.29) is 11.5 Å². The summed E-state index contributed by atoms with van der Waals surface area (Å²) in [6, 6.07) is 5.42. The molecule has 1 aromatic rings. The molecule has 5 heteroatoms. The molecule has 0 heterocycles. The highest BCUT2D eigenvalue weighted by atomic mass is 19.1. The van der Waals surface area contributed by atoms with E-state index in [1.807, 2.05) is 6.92 Å². The largest absolute Gasteiger partial charge is 0.273 e. The highest BCUT2D eigenvalue weighted by molar-refractivity contribution is 5.95. The summed E-state index contributed by atoms with van der Waals surface area (Å²) in [6.45, 7) is 7.29. The van der Waals surface area contributed by atoms with E-state index in [2.05, 4.69) is 5.43 Å². The quantitative estimate of drug-likeness (QED) is 0.865. The molecule has 0 aliphatic carbocycles. The summed E-state index contributed by atoms with van der Waals surface area (Å²) < 4.78 is 13.2. The molecule has 0 fully saturated rings. The fourth-order valence-electron chi connectivity index (χ4n) is 1.68. The second kappa shape index (κ2) is 6.50. The Hall–Kier alpha value is -1.91.